The van der Waals surface area contributed by atoms with Crippen LogP contribution in [-0.4, -0.2) is 26.1 Å². The van der Waals surface area contributed by atoms with E-state index < -0.39 is 10.0 Å². The largest absolute Gasteiger partial charge is 0.349 e. The summed E-state index contributed by atoms with van der Waals surface area (Å²) < 4.78 is 25.3. The van der Waals surface area contributed by atoms with Gasteiger partial charge in [-0.15, -0.1) is 0 Å². The van der Waals surface area contributed by atoms with Crippen LogP contribution < -0.4 is 10.0 Å². The van der Waals surface area contributed by atoms with Gasteiger partial charge in [0.15, 0.2) is 0 Å². The summed E-state index contributed by atoms with van der Waals surface area (Å²) in [6.07, 6.45) is 0. The highest BCUT2D eigenvalue weighted by Crippen LogP contribution is 2.19. The predicted octanol–water partition coefficient (Wildman–Crippen LogP) is 2.29. The highest BCUT2D eigenvalue weighted by Gasteiger charge is 2.22. The highest BCUT2D eigenvalue weighted by molar-refractivity contribution is 7.89. The third kappa shape index (κ3) is 5.77. The summed E-state index contributed by atoms with van der Waals surface area (Å²) in [5.41, 5.74) is 1.38. The molecule has 124 valence electrons. The molecule has 1 rings (SSSR count). The first-order chi connectivity index (χ1) is 10.0. The van der Waals surface area contributed by atoms with E-state index in [9.17, 15) is 13.2 Å². The molecule has 0 saturated carbocycles. The van der Waals surface area contributed by atoms with Gasteiger partial charge in [-0.3, -0.25) is 4.79 Å². The average Bonchev–Trinajstić information content (AvgIpc) is 2.44. The van der Waals surface area contributed by atoms with Gasteiger partial charge in [-0.25, -0.2) is 13.1 Å². The molecule has 0 aliphatic heterocycles. The number of nitrogens with one attached hydrogen (secondary N) is 2. The number of hydrogen-bond acceptors (Lipinski definition) is 3. The predicted molar refractivity (Wildman–Crippen MR) is 89.1 cm³/mol. The van der Waals surface area contributed by atoms with E-state index in [4.69, 9.17) is 0 Å². The minimum Gasteiger partial charge on any atom is -0.349 e. The van der Waals surface area contributed by atoms with Crippen molar-refractivity contribution in [2.75, 3.05) is 5.75 Å². The highest BCUT2D eigenvalue weighted by atomic mass is 32.2. The fraction of sp³-hybridized carbons (Fsp3) is 0.562. The Labute approximate surface area is 133 Å². The van der Waals surface area contributed by atoms with Crippen LogP contribution in [0.25, 0.3) is 0 Å². The lowest BCUT2D eigenvalue weighted by Gasteiger charge is -2.28. The minimum atomic E-state index is -3.21. The molecule has 1 atom stereocenters. The first-order valence-corrected chi connectivity index (χ1v) is 9.07. The Morgan fingerprint density at radius 1 is 1.18 bits per heavy atom. The summed E-state index contributed by atoms with van der Waals surface area (Å²) >= 11 is 0. The van der Waals surface area contributed by atoms with E-state index in [2.05, 4.69) is 30.8 Å². The molecule has 1 unspecified atom stereocenters. The normalized spacial score (nSPS) is 13.7. The van der Waals surface area contributed by atoms with E-state index in [1.54, 1.807) is 31.2 Å². The van der Waals surface area contributed by atoms with Gasteiger partial charge >= 0.3 is 0 Å². The van der Waals surface area contributed by atoms with Gasteiger partial charge in [0.25, 0.3) is 5.91 Å². The van der Waals surface area contributed by atoms with Gasteiger partial charge in [-0.2, -0.15) is 0 Å². The molecule has 1 amide bonds. The van der Waals surface area contributed by atoms with Crippen LogP contribution in [0.2, 0.25) is 0 Å². The minimum absolute atomic E-state index is 0.00592. The molecule has 0 heterocycles. The fourth-order valence-electron chi connectivity index (χ4n) is 1.57. The molecule has 0 spiro atoms. The monoisotopic (exact) mass is 326 g/mol. The zero-order valence-corrected chi connectivity index (χ0v) is 14.8. The molecular weight excluding hydrogens is 300 g/mol. The number of benzene rings is 1. The molecule has 2 N–H and O–H groups in total. The van der Waals surface area contributed by atoms with Crippen LogP contribution in [0.4, 0.5) is 0 Å². The summed E-state index contributed by atoms with van der Waals surface area (Å²) in [7, 11) is -3.21. The Kier molecular flexibility index (Phi) is 6.14. The molecule has 0 radical (unpaired) electrons. The van der Waals surface area contributed by atoms with Gasteiger partial charge in [0.1, 0.15) is 0 Å². The molecule has 0 aliphatic rings. The standard InChI is InChI=1S/C16H26N2O3S/c1-6-22(20,21)17-11-13-7-9-14(10-8-13)15(19)18-12(2)16(3,4)5/h7-10,12,17H,6,11H2,1-5H3,(H,18,19). The molecule has 22 heavy (non-hydrogen) atoms. The van der Waals surface area contributed by atoms with Crippen LogP contribution >= 0.6 is 0 Å². The average molecular weight is 326 g/mol. The summed E-state index contributed by atoms with van der Waals surface area (Å²) in [5.74, 6) is -0.0684. The molecule has 1 aromatic rings. The van der Waals surface area contributed by atoms with Crippen LogP contribution in [0.1, 0.15) is 50.5 Å². The number of hydrogen-bond donors (Lipinski definition) is 2. The smallest absolute Gasteiger partial charge is 0.251 e. The van der Waals surface area contributed by atoms with Crippen molar-refractivity contribution in [2.24, 2.45) is 5.41 Å². The Morgan fingerprint density at radius 3 is 2.18 bits per heavy atom. The Morgan fingerprint density at radius 2 is 1.73 bits per heavy atom. The van der Waals surface area contributed by atoms with Crippen molar-refractivity contribution < 1.29 is 13.2 Å². The van der Waals surface area contributed by atoms with Crippen molar-refractivity contribution in [3.8, 4) is 0 Å². The second-order valence-corrected chi connectivity index (χ2v) is 8.58. The molecule has 0 saturated heterocycles. The topological polar surface area (TPSA) is 75.3 Å². The van der Waals surface area contributed by atoms with E-state index in [1.807, 2.05) is 6.92 Å². The van der Waals surface area contributed by atoms with E-state index in [0.29, 0.717) is 5.56 Å². The third-order valence-corrected chi connectivity index (χ3v) is 5.08. The van der Waals surface area contributed by atoms with Crippen molar-refractivity contribution in [3.63, 3.8) is 0 Å². The van der Waals surface area contributed by atoms with Gasteiger partial charge in [0.2, 0.25) is 10.0 Å². The van der Waals surface area contributed by atoms with Gasteiger partial charge < -0.3 is 5.32 Å². The first kappa shape index (κ1) is 18.6. The van der Waals surface area contributed by atoms with Gasteiger partial charge in [-0.05, 0) is 37.0 Å². The molecule has 0 bridgehead atoms. The number of sulfonamides is 1. The molecule has 6 heteroatoms. The zero-order chi connectivity index (χ0) is 17.0. The van der Waals surface area contributed by atoms with Crippen LogP contribution in [0.3, 0.4) is 0 Å². The SMILES string of the molecule is CCS(=O)(=O)NCc1ccc(C(=O)NC(C)C(C)(C)C)cc1. The number of amides is 1. The quantitative estimate of drug-likeness (QED) is 0.842. The summed E-state index contributed by atoms with van der Waals surface area (Å²) in [6.45, 7) is 10.0. The van der Waals surface area contributed by atoms with Crippen molar-refractivity contribution in [1.29, 1.82) is 0 Å². The maximum atomic E-state index is 12.2. The second kappa shape index (κ2) is 7.24. The van der Waals surface area contributed by atoms with Crippen LogP contribution in [0.5, 0.6) is 0 Å². The maximum Gasteiger partial charge on any atom is 0.251 e. The van der Waals surface area contributed by atoms with Crippen molar-refractivity contribution in [3.05, 3.63) is 35.4 Å². The molecule has 0 aliphatic carbocycles. The number of carbonyl (C=O) groups excluding carboxylic acids is 1. The molecule has 5 nitrogen and oxygen atoms in total. The molecule has 0 aromatic heterocycles. The van der Waals surface area contributed by atoms with Crippen LogP contribution in [0, 0.1) is 5.41 Å². The van der Waals surface area contributed by atoms with Gasteiger partial charge in [0.05, 0.1) is 5.75 Å². The van der Waals surface area contributed by atoms with Crippen LogP contribution in [-0.2, 0) is 16.6 Å². The maximum absolute atomic E-state index is 12.2. The second-order valence-electron chi connectivity index (χ2n) is 6.48. The van der Waals surface area contributed by atoms with E-state index in [0.717, 1.165) is 5.56 Å². The van der Waals surface area contributed by atoms with Crippen molar-refractivity contribution in [1.82, 2.24) is 10.0 Å². The molecule has 1 aromatic carbocycles. The summed E-state index contributed by atoms with van der Waals surface area (Å²) in [6, 6.07) is 6.99. The lowest BCUT2D eigenvalue weighted by atomic mass is 9.88. The fourth-order valence-corrected chi connectivity index (χ4v) is 2.16. The number of carbonyl (C=O) groups is 1. The Hall–Kier alpha value is -1.40. The summed E-state index contributed by atoms with van der Waals surface area (Å²) in [4.78, 5) is 12.2. The van der Waals surface area contributed by atoms with E-state index in [1.165, 1.54) is 0 Å². The molecular formula is C16H26N2O3S. The molecule has 0 fully saturated rings. The Balaban J connectivity index is 2.67. The van der Waals surface area contributed by atoms with Crippen LogP contribution in [0.15, 0.2) is 24.3 Å². The van der Waals surface area contributed by atoms with Crippen molar-refractivity contribution in [2.45, 2.75) is 47.2 Å². The van der Waals surface area contributed by atoms with Gasteiger partial charge in [-0.1, -0.05) is 32.9 Å². The lowest BCUT2D eigenvalue weighted by Crippen LogP contribution is -2.41. The third-order valence-electron chi connectivity index (χ3n) is 3.74. The summed E-state index contributed by atoms with van der Waals surface area (Å²) in [5, 5.41) is 2.97. The van der Waals surface area contributed by atoms with E-state index in [-0.39, 0.29) is 29.7 Å². The van der Waals surface area contributed by atoms with E-state index >= 15 is 0 Å². The Bertz CT molecular complexity index is 601. The van der Waals surface area contributed by atoms with Crippen molar-refractivity contribution >= 4 is 15.9 Å². The lowest BCUT2D eigenvalue weighted by molar-refractivity contribution is 0.0910. The number of rotatable bonds is 6. The first-order valence-electron chi connectivity index (χ1n) is 7.42. The van der Waals surface area contributed by atoms with Gasteiger partial charge in [0, 0.05) is 18.2 Å². The zero-order valence-electron chi connectivity index (χ0n) is 13.9.